The number of hydrogen-bond acceptors (Lipinski definition) is 4. The number of likely N-dealkylation sites (tertiary alicyclic amines) is 1. The molecule has 1 aliphatic rings. The molecule has 2 rings (SSSR count). The van der Waals surface area contributed by atoms with E-state index in [1.165, 1.54) is 19.2 Å². The number of rotatable bonds is 5. The zero-order valence-corrected chi connectivity index (χ0v) is 15.7. The largest absolute Gasteiger partial charge is 0.494 e. The Balaban J connectivity index is 0.00000312. The molecule has 1 aromatic rings. The Morgan fingerprint density at radius 1 is 1.36 bits per heavy atom. The van der Waals surface area contributed by atoms with Gasteiger partial charge in [-0.1, -0.05) is 13.8 Å². The lowest BCUT2D eigenvalue weighted by molar-refractivity contribution is -0.134. The van der Waals surface area contributed by atoms with Crippen LogP contribution >= 0.6 is 12.4 Å². The summed E-state index contributed by atoms with van der Waals surface area (Å²) in [6.45, 7) is 5.30. The number of ketones is 1. The van der Waals surface area contributed by atoms with Crippen LogP contribution < -0.4 is 10.5 Å². The first-order chi connectivity index (χ1) is 11.2. The summed E-state index contributed by atoms with van der Waals surface area (Å²) in [5.74, 6) is -0.800. The monoisotopic (exact) mass is 372 g/mol. The van der Waals surface area contributed by atoms with Gasteiger partial charge in [0.05, 0.1) is 7.11 Å². The molecule has 2 N–H and O–H groups in total. The highest BCUT2D eigenvalue weighted by atomic mass is 35.5. The van der Waals surface area contributed by atoms with Gasteiger partial charge in [-0.05, 0) is 30.0 Å². The van der Waals surface area contributed by atoms with Gasteiger partial charge in [-0.2, -0.15) is 0 Å². The van der Waals surface area contributed by atoms with E-state index in [4.69, 9.17) is 10.5 Å². The predicted molar refractivity (Wildman–Crippen MR) is 96.7 cm³/mol. The molecule has 1 atom stereocenters. The van der Waals surface area contributed by atoms with E-state index in [1.807, 2.05) is 13.8 Å². The van der Waals surface area contributed by atoms with Gasteiger partial charge in [-0.3, -0.25) is 9.59 Å². The number of nitrogens with zero attached hydrogens (tertiary/aromatic N) is 1. The maximum Gasteiger partial charge on any atom is 0.223 e. The van der Waals surface area contributed by atoms with Crippen LogP contribution in [0.3, 0.4) is 0 Å². The topological polar surface area (TPSA) is 72.6 Å². The second-order valence-corrected chi connectivity index (χ2v) is 6.97. The summed E-state index contributed by atoms with van der Waals surface area (Å²) in [7, 11) is 1.37. The first-order valence-corrected chi connectivity index (χ1v) is 8.14. The highest BCUT2D eigenvalue weighted by molar-refractivity contribution is 5.98. The average molecular weight is 373 g/mol. The van der Waals surface area contributed by atoms with E-state index in [-0.39, 0.29) is 59.7 Å². The van der Waals surface area contributed by atoms with Crippen molar-refractivity contribution >= 4 is 24.1 Å². The fourth-order valence-electron chi connectivity index (χ4n) is 2.95. The number of nitrogens with two attached hydrogens (primary N) is 1. The molecule has 5 nitrogen and oxygen atoms in total. The molecule has 1 saturated heterocycles. The van der Waals surface area contributed by atoms with E-state index >= 15 is 0 Å². The zero-order chi connectivity index (χ0) is 17.9. The summed E-state index contributed by atoms with van der Waals surface area (Å²) in [6.07, 6.45) is 0.946. The molecule has 1 fully saturated rings. The molecule has 0 aromatic heterocycles. The Bertz CT molecular complexity index is 637. The third-order valence-corrected chi connectivity index (χ3v) is 4.70. The number of ether oxygens (including phenoxy) is 1. The lowest BCUT2D eigenvalue weighted by Gasteiger charge is -2.42. The number of benzene rings is 1. The summed E-state index contributed by atoms with van der Waals surface area (Å²) in [4.78, 5) is 26.3. The van der Waals surface area contributed by atoms with E-state index in [1.54, 1.807) is 4.90 Å². The van der Waals surface area contributed by atoms with Crippen molar-refractivity contribution in [1.82, 2.24) is 4.90 Å². The number of Topliss-reactive ketones (excluding diaryl/α,β-unsaturated/α-hetero) is 1. The number of piperidine rings is 1. The smallest absolute Gasteiger partial charge is 0.223 e. The lowest BCUT2D eigenvalue weighted by atomic mass is 9.79. The molecular weight excluding hydrogens is 347 g/mol. The SMILES string of the molecule is COc1ccc(C(=O)CCC(=O)N2CCC(N)C(C)(C)C2)cc1F.Cl. The van der Waals surface area contributed by atoms with Crippen LogP contribution in [0.15, 0.2) is 18.2 Å². The van der Waals surface area contributed by atoms with Crippen LogP contribution in [0.2, 0.25) is 0 Å². The summed E-state index contributed by atoms with van der Waals surface area (Å²) < 4.78 is 18.5. The Morgan fingerprint density at radius 2 is 2.04 bits per heavy atom. The van der Waals surface area contributed by atoms with E-state index in [0.29, 0.717) is 13.1 Å². The molecule has 1 heterocycles. The highest BCUT2D eigenvalue weighted by Gasteiger charge is 2.35. The van der Waals surface area contributed by atoms with Crippen molar-refractivity contribution in [2.24, 2.45) is 11.1 Å². The zero-order valence-electron chi connectivity index (χ0n) is 14.9. The molecule has 1 amide bonds. The molecule has 1 aliphatic heterocycles. The van der Waals surface area contributed by atoms with Gasteiger partial charge in [-0.25, -0.2) is 4.39 Å². The van der Waals surface area contributed by atoms with E-state index in [0.717, 1.165) is 12.5 Å². The van der Waals surface area contributed by atoms with Gasteiger partial charge in [0.25, 0.3) is 0 Å². The maximum absolute atomic E-state index is 13.7. The molecule has 0 spiro atoms. The van der Waals surface area contributed by atoms with E-state index < -0.39 is 5.82 Å². The Labute approximate surface area is 154 Å². The van der Waals surface area contributed by atoms with Crippen molar-refractivity contribution in [3.05, 3.63) is 29.6 Å². The quantitative estimate of drug-likeness (QED) is 0.806. The van der Waals surface area contributed by atoms with Crippen molar-refractivity contribution in [3.8, 4) is 5.75 Å². The van der Waals surface area contributed by atoms with E-state index in [2.05, 4.69) is 0 Å². The number of amides is 1. The van der Waals surface area contributed by atoms with Gasteiger partial charge in [0.1, 0.15) is 0 Å². The minimum Gasteiger partial charge on any atom is -0.494 e. The summed E-state index contributed by atoms with van der Waals surface area (Å²) in [6, 6.07) is 4.15. The Hall–Kier alpha value is -1.66. The standard InChI is InChI=1S/C18H25FN2O3.ClH/c1-18(2)11-21(9-8-16(18)20)17(23)7-5-14(22)12-4-6-15(24-3)13(19)10-12;/h4,6,10,16H,5,7-9,11,20H2,1-3H3;1H. The maximum atomic E-state index is 13.7. The minimum absolute atomic E-state index is 0. The highest BCUT2D eigenvalue weighted by Crippen LogP contribution is 2.28. The summed E-state index contributed by atoms with van der Waals surface area (Å²) in [5, 5.41) is 0. The van der Waals surface area contributed by atoms with Crippen LogP contribution in [0.5, 0.6) is 5.75 Å². The van der Waals surface area contributed by atoms with Crippen molar-refractivity contribution < 1.29 is 18.7 Å². The molecule has 140 valence electrons. The van der Waals surface area contributed by atoms with Crippen LogP contribution in [0.4, 0.5) is 4.39 Å². The first kappa shape index (κ1) is 21.4. The van der Waals surface area contributed by atoms with Crippen molar-refractivity contribution in [2.45, 2.75) is 39.2 Å². The van der Waals surface area contributed by atoms with Crippen LogP contribution in [0.25, 0.3) is 0 Å². The van der Waals surface area contributed by atoms with Gasteiger partial charge in [0.2, 0.25) is 5.91 Å². The molecule has 0 saturated carbocycles. The third kappa shape index (κ3) is 5.16. The van der Waals surface area contributed by atoms with Crippen molar-refractivity contribution in [1.29, 1.82) is 0 Å². The fourth-order valence-corrected chi connectivity index (χ4v) is 2.95. The predicted octanol–water partition coefficient (Wildman–Crippen LogP) is 2.80. The molecule has 25 heavy (non-hydrogen) atoms. The second kappa shape index (κ2) is 8.63. The minimum atomic E-state index is -0.582. The van der Waals surface area contributed by atoms with Crippen LogP contribution in [0.1, 0.15) is 43.5 Å². The average Bonchev–Trinajstić information content (AvgIpc) is 2.54. The van der Waals surface area contributed by atoms with Gasteiger partial charge in [0, 0.05) is 37.5 Å². The normalized spacial score (nSPS) is 19.1. The van der Waals surface area contributed by atoms with Crippen molar-refractivity contribution in [2.75, 3.05) is 20.2 Å². The molecular formula is C18H26ClFN2O3. The van der Waals surface area contributed by atoms with Crippen molar-refractivity contribution in [3.63, 3.8) is 0 Å². The van der Waals surface area contributed by atoms with Gasteiger partial charge < -0.3 is 15.4 Å². The van der Waals surface area contributed by atoms with Gasteiger partial charge in [0.15, 0.2) is 17.3 Å². The van der Waals surface area contributed by atoms with Gasteiger partial charge >= 0.3 is 0 Å². The number of carbonyl (C=O) groups excluding carboxylic acids is 2. The van der Waals surface area contributed by atoms with E-state index in [9.17, 15) is 14.0 Å². The van der Waals surface area contributed by atoms with Gasteiger partial charge in [-0.15, -0.1) is 12.4 Å². The molecule has 1 unspecified atom stereocenters. The lowest BCUT2D eigenvalue weighted by Crippen LogP contribution is -2.54. The Kier molecular flexibility index (Phi) is 7.38. The van der Waals surface area contributed by atoms with Crippen LogP contribution in [0, 0.1) is 11.2 Å². The van der Waals surface area contributed by atoms with Crippen LogP contribution in [-0.2, 0) is 4.79 Å². The number of hydrogen-bond donors (Lipinski definition) is 1. The number of halogens is 2. The first-order valence-electron chi connectivity index (χ1n) is 8.14. The summed E-state index contributed by atoms with van der Waals surface area (Å²) >= 11 is 0. The Morgan fingerprint density at radius 3 is 2.60 bits per heavy atom. The third-order valence-electron chi connectivity index (χ3n) is 4.70. The number of carbonyl (C=O) groups is 2. The molecule has 1 aromatic carbocycles. The molecule has 0 aliphatic carbocycles. The molecule has 0 radical (unpaired) electrons. The molecule has 7 heteroatoms. The fraction of sp³-hybridized carbons (Fsp3) is 0.556. The molecule has 0 bridgehead atoms. The summed E-state index contributed by atoms with van der Waals surface area (Å²) in [5.41, 5.74) is 6.20. The van der Waals surface area contributed by atoms with Crippen LogP contribution in [-0.4, -0.2) is 42.8 Å². The number of methoxy groups -OCH3 is 1. The second-order valence-electron chi connectivity index (χ2n) is 6.97.